The summed E-state index contributed by atoms with van der Waals surface area (Å²) in [6.45, 7) is 6.44. The smallest absolute Gasteiger partial charge is 0.109 e. The first-order valence-corrected chi connectivity index (χ1v) is 4.59. The highest BCUT2D eigenvalue weighted by molar-refractivity contribution is 4.99. The number of hydrogen-bond donors (Lipinski definition) is 0. The predicted molar refractivity (Wildman–Crippen MR) is 51.9 cm³/mol. The van der Waals surface area contributed by atoms with Gasteiger partial charge in [0, 0.05) is 6.42 Å². The third kappa shape index (κ3) is 2.72. The van der Waals surface area contributed by atoms with Crippen LogP contribution in [0.15, 0.2) is 24.0 Å². The molecular weight excluding hydrogens is 148 g/mol. The van der Waals surface area contributed by atoms with Gasteiger partial charge < -0.3 is 4.74 Å². The van der Waals surface area contributed by atoms with Crippen LogP contribution in [0.1, 0.15) is 40.0 Å². The van der Waals surface area contributed by atoms with Gasteiger partial charge in [-0.15, -0.1) is 0 Å². The van der Waals surface area contributed by atoms with Crippen LogP contribution in [0.5, 0.6) is 0 Å². The van der Waals surface area contributed by atoms with Crippen LogP contribution >= 0.6 is 0 Å². The van der Waals surface area contributed by atoms with E-state index in [2.05, 4.69) is 32.9 Å². The van der Waals surface area contributed by atoms with Gasteiger partial charge in [-0.05, 0) is 39.7 Å². The molecule has 12 heavy (non-hydrogen) atoms. The molecule has 0 aromatic carbocycles. The molecule has 0 N–H and O–H groups in total. The molecule has 0 spiro atoms. The standard InChI is InChI=1S/C11H18O/c1-10(2)6-4-7-11(3)8-5-9-12-11/h5-6,9H,4,7-8H2,1-3H3. The van der Waals surface area contributed by atoms with Gasteiger partial charge in [0.15, 0.2) is 0 Å². The van der Waals surface area contributed by atoms with E-state index in [0.717, 1.165) is 19.3 Å². The first-order chi connectivity index (χ1) is 5.62. The van der Waals surface area contributed by atoms with Crippen molar-refractivity contribution in [1.82, 2.24) is 0 Å². The molecule has 0 aliphatic carbocycles. The van der Waals surface area contributed by atoms with E-state index in [4.69, 9.17) is 4.74 Å². The summed E-state index contributed by atoms with van der Waals surface area (Å²) in [6, 6.07) is 0. The van der Waals surface area contributed by atoms with E-state index in [1.54, 1.807) is 0 Å². The molecule has 0 radical (unpaired) electrons. The molecule has 0 bridgehead atoms. The van der Waals surface area contributed by atoms with Crippen molar-refractivity contribution in [1.29, 1.82) is 0 Å². The lowest BCUT2D eigenvalue weighted by atomic mass is 9.97. The molecule has 68 valence electrons. The zero-order valence-electron chi connectivity index (χ0n) is 8.26. The summed E-state index contributed by atoms with van der Waals surface area (Å²) in [5.74, 6) is 0. The van der Waals surface area contributed by atoms with E-state index < -0.39 is 0 Å². The summed E-state index contributed by atoms with van der Waals surface area (Å²) < 4.78 is 5.51. The molecule has 0 amide bonds. The minimum absolute atomic E-state index is 0.0753. The molecular formula is C11H18O. The van der Waals surface area contributed by atoms with Crippen molar-refractivity contribution in [3.05, 3.63) is 24.0 Å². The average Bonchev–Trinajstić information content (AvgIpc) is 2.35. The van der Waals surface area contributed by atoms with Gasteiger partial charge in [0.05, 0.1) is 6.26 Å². The number of hydrogen-bond acceptors (Lipinski definition) is 1. The van der Waals surface area contributed by atoms with Crippen LogP contribution in [-0.4, -0.2) is 5.60 Å². The van der Waals surface area contributed by atoms with Crippen LogP contribution in [0.2, 0.25) is 0 Å². The fourth-order valence-corrected chi connectivity index (χ4v) is 1.39. The minimum Gasteiger partial charge on any atom is -0.495 e. The lowest BCUT2D eigenvalue weighted by molar-refractivity contribution is 0.0557. The van der Waals surface area contributed by atoms with Crippen LogP contribution in [0.25, 0.3) is 0 Å². The average molecular weight is 166 g/mol. The summed E-state index contributed by atoms with van der Waals surface area (Å²) in [5.41, 5.74) is 1.47. The van der Waals surface area contributed by atoms with Gasteiger partial charge in [-0.3, -0.25) is 0 Å². The van der Waals surface area contributed by atoms with E-state index in [-0.39, 0.29) is 5.60 Å². The molecule has 1 aliphatic rings. The van der Waals surface area contributed by atoms with Gasteiger partial charge in [0.25, 0.3) is 0 Å². The number of rotatable bonds is 3. The molecule has 0 saturated heterocycles. The lowest BCUT2D eigenvalue weighted by Gasteiger charge is -2.22. The highest BCUT2D eigenvalue weighted by Crippen LogP contribution is 2.27. The maximum absolute atomic E-state index is 5.51. The Morgan fingerprint density at radius 3 is 2.83 bits per heavy atom. The molecule has 1 unspecified atom stereocenters. The zero-order valence-corrected chi connectivity index (χ0v) is 8.26. The Morgan fingerprint density at radius 1 is 1.58 bits per heavy atom. The fraction of sp³-hybridized carbons (Fsp3) is 0.636. The summed E-state index contributed by atoms with van der Waals surface area (Å²) in [4.78, 5) is 0. The van der Waals surface area contributed by atoms with Crippen LogP contribution < -0.4 is 0 Å². The molecule has 1 heterocycles. The van der Waals surface area contributed by atoms with E-state index >= 15 is 0 Å². The van der Waals surface area contributed by atoms with Gasteiger partial charge in [-0.2, -0.15) is 0 Å². The van der Waals surface area contributed by atoms with Crippen molar-refractivity contribution in [2.45, 2.75) is 45.6 Å². The zero-order chi connectivity index (χ0) is 9.03. The molecule has 0 fully saturated rings. The minimum atomic E-state index is 0.0753. The topological polar surface area (TPSA) is 9.23 Å². The third-order valence-electron chi connectivity index (χ3n) is 2.22. The highest BCUT2D eigenvalue weighted by atomic mass is 16.5. The van der Waals surface area contributed by atoms with Crippen LogP contribution in [0, 0.1) is 0 Å². The van der Waals surface area contributed by atoms with Gasteiger partial charge in [-0.25, -0.2) is 0 Å². The summed E-state index contributed by atoms with van der Waals surface area (Å²) in [6.07, 6.45) is 9.49. The van der Waals surface area contributed by atoms with Crippen molar-refractivity contribution in [3.8, 4) is 0 Å². The van der Waals surface area contributed by atoms with E-state index in [1.165, 1.54) is 5.57 Å². The summed E-state index contributed by atoms with van der Waals surface area (Å²) in [5, 5.41) is 0. The van der Waals surface area contributed by atoms with Gasteiger partial charge >= 0.3 is 0 Å². The molecule has 0 saturated carbocycles. The Balaban J connectivity index is 2.27. The first-order valence-electron chi connectivity index (χ1n) is 4.59. The van der Waals surface area contributed by atoms with Gasteiger partial charge in [-0.1, -0.05) is 11.6 Å². The number of ether oxygens (including phenoxy) is 1. The van der Waals surface area contributed by atoms with E-state index in [9.17, 15) is 0 Å². The SMILES string of the molecule is CC(C)=CCCC1(C)CC=CO1. The second kappa shape index (κ2) is 3.79. The van der Waals surface area contributed by atoms with Gasteiger partial charge in [0.2, 0.25) is 0 Å². The van der Waals surface area contributed by atoms with Crippen molar-refractivity contribution < 1.29 is 4.74 Å². The Bertz CT molecular complexity index is 189. The Morgan fingerprint density at radius 2 is 2.33 bits per heavy atom. The molecule has 1 aliphatic heterocycles. The largest absolute Gasteiger partial charge is 0.495 e. The summed E-state index contributed by atoms with van der Waals surface area (Å²) in [7, 11) is 0. The third-order valence-corrected chi connectivity index (χ3v) is 2.22. The summed E-state index contributed by atoms with van der Waals surface area (Å²) >= 11 is 0. The second-order valence-electron chi connectivity index (χ2n) is 3.96. The quantitative estimate of drug-likeness (QED) is 0.584. The van der Waals surface area contributed by atoms with Gasteiger partial charge in [0.1, 0.15) is 5.60 Å². The predicted octanol–water partition coefficient (Wildman–Crippen LogP) is 3.43. The Kier molecular flexibility index (Phi) is 2.96. The van der Waals surface area contributed by atoms with Crippen LogP contribution in [-0.2, 0) is 4.74 Å². The molecule has 1 atom stereocenters. The Hall–Kier alpha value is -0.720. The van der Waals surface area contributed by atoms with E-state index in [0.29, 0.717) is 0 Å². The number of allylic oxidation sites excluding steroid dienone is 2. The molecule has 0 aromatic heterocycles. The maximum atomic E-state index is 5.51. The molecule has 1 rings (SSSR count). The van der Waals surface area contributed by atoms with E-state index in [1.807, 2.05) is 6.26 Å². The second-order valence-corrected chi connectivity index (χ2v) is 3.96. The normalized spacial score (nSPS) is 26.9. The van der Waals surface area contributed by atoms with Crippen LogP contribution in [0.4, 0.5) is 0 Å². The highest BCUT2D eigenvalue weighted by Gasteiger charge is 2.25. The maximum Gasteiger partial charge on any atom is 0.109 e. The van der Waals surface area contributed by atoms with Crippen molar-refractivity contribution >= 4 is 0 Å². The molecule has 1 nitrogen and oxygen atoms in total. The van der Waals surface area contributed by atoms with Crippen molar-refractivity contribution in [3.63, 3.8) is 0 Å². The van der Waals surface area contributed by atoms with Crippen molar-refractivity contribution in [2.75, 3.05) is 0 Å². The van der Waals surface area contributed by atoms with Crippen LogP contribution in [0.3, 0.4) is 0 Å². The first kappa shape index (κ1) is 9.37. The lowest BCUT2D eigenvalue weighted by Crippen LogP contribution is -2.22. The fourth-order valence-electron chi connectivity index (χ4n) is 1.39. The Labute approximate surface area is 75.1 Å². The molecule has 0 aromatic rings. The van der Waals surface area contributed by atoms with Crippen molar-refractivity contribution in [2.24, 2.45) is 0 Å². The monoisotopic (exact) mass is 166 g/mol. The molecule has 1 heteroatoms.